The van der Waals surface area contributed by atoms with Crippen molar-refractivity contribution in [3.63, 3.8) is 0 Å². The molecule has 2 aliphatic rings. The number of nitrogens with one attached hydrogen (secondary N) is 1. The molecule has 0 unspecified atom stereocenters. The van der Waals surface area contributed by atoms with E-state index in [0.717, 1.165) is 44.8 Å². The van der Waals surface area contributed by atoms with Gasteiger partial charge in [0.2, 0.25) is 5.76 Å². The van der Waals surface area contributed by atoms with Gasteiger partial charge in [-0.25, -0.2) is 0 Å². The number of morpholine rings is 1. The Bertz CT molecular complexity index is 1200. The summed E-state index contributed by atoms with van der Waals surface area (Å²) in [7, 11) is 1.60. The van der Waals surface area contributed by atoms with Gasteiger partial charge in [0.1, 0.15) is 24.4 Å². The first-order valence-corrected chi connectivity index (χ1v) is 11.1. The van der Waals surface area contributed by atoms with Crippen molar-refractivity contribution in [3.05, 3.63) is 75.6 Å². The standard InChI is InChI=1S/C25H26N2O5/c1-30-19-9-4-2-7-17(19)22-21-23(28)18-8-3-5-10-20(18)32-24(21)25(29)27(22)12-6-11-26-13-15-31-16-14-26/h2-5,7-10,22H,6,11-16H2,1H3/p+1/t22-/m0/s1. The van der Waals surface area contributed by atoms with E-state index in [2.05, 4.69) is 0 Å². The second-order valence-corrected chi connectivity index (χ2v) is 8.28. The molecule has 0 radical (unpaired) electrons. The molecule has 0 saturated carbocycles. The molecule has 1 amide bonds. The van der Waals surface area contributed by atoms with Gasteiger partial charge in [0.15, 0.2) is 5.43 Å². The molecule has 166 valence electrons. The summed E-state index contributed by atoms with van der Waals surface area (Å²) in [6, 6.07) is 14.1. The number of hydrogen-bond acceptors (Lipinski definition) is 5. The van der Waals surface area contributed by atoms with Gasteiger partial charge >= 0.3 is 0 Å². The fourth-order valence-electron chi connectivity index (χ4n) is 4.82. The summed E-state index contributed by atoms with van der Waals surface area (Å²) in [6.07, 6.45) is 0.828. The lowest BCUT2D eigenvalue weighted by Gasteiger charge is -2.28. The third-order valence-corrected chi connectivity index (χ3v) is 6.44. The zero-order valence-corrected chi connectivity index (χ0v) is 18.1. The minimum absolute atomic E-state index is 0.142. The molecule has 0 spiro atoms. The molecule has 0 aliphatic carbocycles. The van der Waals surface area contributed by atoms with E-state index >= 15 is 0 Å². The molecule has 1 atom stereocenters. The molecule has 5 rings (SSSR count). The molecule has 3 heterocycles. The number of methoxy groups -OCH3 is 1. The van der Waals surface area contributed by atoms with Gasteiger partial charge in [0.25, 0.3) is 5.91 Å². The lowest BCUT2D eigenvalue weighted by Crippen LogP contribution is -3.14. The van der Waals surface area contributed by atoms with Crippen molar-refractivity contribution in [2.24, 2.45) is 0 Å². The summed E-state index contributed by atoms with van der Waals surface area (Å²) < 4.78 is 17.0. The van der Waals surface area contributed by atoms with Crippen LogP contribution in [0.5, 0.6) is 5.75 Å². The molecule has 7 nitrogen and oxygen atoms in total. The number of carbonyl (C=O) groups excluding carboxylic acids is 1. The van der Waals surface area contributed by atoms with Gasteiger partial charge in [-0.2, -0.15) is 0 Å². The number of hydrogen-bond donors (Lipinski definition) is 1. The highest BCUT2D eigenvalue weighted by Crippen LogP contribution is 2.41. The molecule has 1 fully saturated rings. The van der Waals surface area contributed by atoms with E-state index in [9.17, 15) is 9.59 Å². The van der Waals surface area contributed by atoms with Crippen LogP contribution in [0.2, 0.25) is 0 Å². The summed E-state index contributed by atoms with van der Waals surface area (Å²) in [5.74, 6) is 0.550. The van der Waals surface area contributed by atoms with E-state index in [0.29, 0.717) is 28.8 Å². The van der Waals surface area contributed by atoms with Crippen molar-refractivity contribution in [2.45, 2.75) is 12.5 Å². The summed E-state index contributed by atoms with van der Waals surface area (Å²) in [4.78, 5) is 30.3. The van der Waals surface area contributed by atoms with Crippen molar-refractivity contribution in [3.8, 4) is 5.75 Å². The third kappa shape index (κ3) is 3.57. The van der Waals surface area contributed by atoms with Crippen molar-refractivity contribution in [1.82, 2.24) is 4.90 Å². The van der Waals surface area contributed by atoms with Crippen LogP contribution in [0.15, 0.2) is 57.7 Å². The van der Waals surface area contributed by atoms with Crippen LogP contribution in [-0.4, -0.2) is 57.3 Å². The topological polar surface area (TPSA) is 73.4 Å². The highest BCUT2D eigenvalue weighted by Gasteiger charge is 2.43. The number of para-hydroxylation sites is 2. The van der Waals surface area contributed by atoms with Crippen LogP contribution in [0.4, 0.5) is 0 Å². The minimum atomic E-state index is -0.533. The Balaban J connectivity index is 1.55. The van der Waals surface area contributed by atoms with Crippen LogP contribution < -0.4 is 15.1 Å². The average Bonchev–Trinajstić information content (AvgIpc) is 3.11. The maximum atomic E-state index is 13.5. The number of carbonyl (C=O) groups is 1. The Morgan fingerprint density at radius 2 is 1.81 bits per heavy atom. The summed E-state index contributed by atoms with van der Waals surface area (Å²) in [5, 5.41) is 0.485. The zero-order valence-electron chi connectivity index (χ0n) is 18.1. The van der Waals surface area contributed by atoms with Gasteiger partial charge in [-0.3, -0.25) is 9.59 Å². The molecule has 1 saturated heterocycles. The number of nitrogens with zero attached hydrogens (tertiary/aromatic N) is 1. The molecule has 7 heteroatoms. The molecular weight excluding hydrogens is 408 g/mol. The number of rotatable bonds is 6. The third-order valence-electron chi connectivity index (χ3n) is 6.44. The van der Waals surface area contributed by atoms with Crippen LogP contribution in [-0.2, 0) is 4.74 Å². The van der Waals surface area contributed by atoms with Crippen molar-refractivity contribution in [1.29, 1.82) is 0 Å². The first-order chi connectivity index (χ1) is 15.7. The predicted molar refractivity (Wildman–Crippen MR) is 119 cm³/mol. The van der Waals surface area contributed by atoms with Crippen molar-refractivity contribution < 1.29 is 23.6 Å². The summed E-state index contributed by atoms with van der Waals surface area (Å²) >= 11 is 0. The van der Waals surface area contributed by atoms with Crippen LogP contribution in [0, 0.1) is 0 Å². The maximum absolute atomic E-state index is 13.5. The van der Waals surface area contributed by atoms with E-state index in [1.54, 1.807) is 30.2 Å². The summed E-state index contributed by atoms with van der Waals surface area (Å²) in [6.45, 7) is 5.00. The van der Waals surface area contributed by atoms with Crippen LogP contribution in [0.1, 0.15) is 34.1 Å². The number of fused-ring (bicyclic) bond motifs is 2. The molecule has 32 heavy (non-hydrogen) atoms. The molecule has 2 aliphatic heterocycles. The lowest BCUT2D eigenvalue weighted by atomic mass is 9.97. The Labute approximate surface area is 186 Å². The van der Waals surface area contributed by atoms with Gasteiger partial charge in [0, 0.05) is 18.5 Å². The molecule has 2 aromatic carbocycles. The molecular formula is C25H27N2O5+. The first-order valence-electron chi connectivity index (χ1n) is 11.1. The second-order valence-electron chi connectivity index (χ2n) is 8.28. The van der Waals surface area contributed by atoms with Gasteiger partial charge in [-0.1, -0.05) is 30.3 Å². The quantitative estimate of drug-likeness (QED) is 0.638. The fourth-order valence-corrected chi connectivity index (χ4v) is 4.82. The average molecular weight is 436 g/mol. The zero-order chi connectivity index (χ0) is 22.1. The summed E-state index contributed by atoms with van der Waals surface area (Å²) in [5.41, 5.74) is 1.47. The first kappa shape index (κ1) is 20.7. The normalized spacial score (nSPS) is 18.8. The van der Waals surface area contributed by atoms with Gasteiger partial charge in [0.05, 0.1) is 43.9 Å². The van der Waals surface area contributed by atoms with Crippen LogP contribution in [0.25, 0.3) is 11.0 Å². The van der Waals surface area contributed by atoms with Crippen molar-refractivity contribution >= 4 is 16.9 Å². The van der Waals surface area contributed by atoms with Crippen LogP contribution in [0.3, 0.4) is 0 Å². The SMILES string of the molecule is COc1ccccc1[C@H]1c2c(oc3ccccc3c2=O)C(=O)N1CCC[NH+]1CCOCC1. The van der Waals surface area contributed by atoms with Gasteiger partial charge < -0.3 is 23.7 Å². The van der Waals surface area contributed by atoms with E-state index in [1.807, 2.05) is 30.3 Å². The van der Waals surface area contributed by atoms with E-state index < -0.39 is 6.04 Å². The molecule has 1 aromatic heterocycles. The second kappa shape index (κ2) is 8.76. The Kier molecular flexibility index (Phi) is 5.68. The molecule has 3 aromatic rings. The Hall–Kier alpha value is -3.16. The number of amides is 1. The highest BCUT2D eigenvalue weighted by atomic mass is 16.5. The Morgan fingerprint density at radius 1 is 1.06 bits per heavy atom. The fraction of sp³-hybridized carbons (Fsp3) is 0.360. The smallest absolute Gasteiger partial charge is 0.290 e. The van der Waals surface area contributed by atoms with Crippen LogP contribution >= 0.6 is 0 Å². The van der Waals surface area contributed by atoms with Gasteiger partial charge in [-0.05, 0) is 18.2 Å². The number of quaternary nitrogens is 1. The lowest BCUT2D eigenvalue weighted by molar-refractivity contribution is -0.908. The highest BCUT2D eigenvalue weighted by molar-refractivity contribution is 5.99. The predicted octanol–water partition coefficient (Wildman–Crippen LogP) is 1.65. The largest absolute Gasteiger partial charge is 0.496 e. The number of benzene rings is 2. The van der Waals surface area contributed by atoms with E-state index in [1.165, 1.54) is 4.90 Å². The van der Waals surface area contributed by atoms with E-state index in [-0.39, 0.29) is 17.1 Å². The number of ether oxygens (including phenoxy) is 2. The Morgan fingerprint density at radius 3 is 2.62 bits per heavy atom. The molecule has 1 N–H and O–H groups in total. The van der Waals surface area contributed by atoms with Gasteiger partial charge in [-0.15, -0.1) is 0 Å². The minimum Gasteiger partial charge on any atom is -0.496 e. The van der Waals surface area contributed by atoms with Crippen molar-refractivity contribution in [2.75, 3.05) is 46.5 Å². The maximum Gasteiger partial charge on any atom is 0.290 e. The monoisotopic (exact) mass is 435 g/mol. The van der Waals surface area contributed by atoms with E-state index in [4.69, 9.17) is 13.9 Å². The molecule has 0 bridgehead atoms.